The molecule has 0 spiro atoms. The van der Waals surface area contributed by atoms with Gasteiger partial charge in [-0.15, -0.1) is 10.2 Å². The fourth-order valence-electron chi connectivity index (χ4n) is 1.10. The second kappa shape index (κ2) is 8.91. The van der Waals surface area contributed by atoms with Gasteiger partial charge < -0.3 is 4.90 Å². The zero-order chi connectivity index (χ0) is 15.8. The summed E-state index contributed by atoms with van der Waals surface area (Å²) in [6.45, 7) is 0. The van der Waals surface area contributed by atoms with Gasteiger partial charge in [-0.2, -0.15) is 0 Å². The minimum atomic E-state index is -4.94. The number of nitrogens with zero attached hydrogens (tertiary/aromatic N) is 2. The predicted octanol–water partition coefficient (Wildman–Crippen LogP) is -2.21. The maximum absolute atomic E-state index is 8.49. The molecule has 0 atom stereocenters. The minimum Gasteiger partial charge on any atom is -0.335 e. The lowest BCUT2D eigenvalue weighted by Gasteiger charge is -2.17. The summed E-state index contributed by atoms with van der Waals surface area (Å²) in [5.41, 5.74) is 1.07. The molecule has 0 N–H and O–H groups in total. The van der Waals surface area contributed by atoms with Crippen LogP contribution in [0.15, 0.2) is 41.6 Å². The number of para-hydroxylation sites is 1. The molecule has 0 fully saturated rings. The van der Waals surface area contributed by atoms with Crippen molar-refractivity contribution in [1.82, 2.24) is 0 Å². The Morgan fingerprint density at radius 3 is 2.00 bits per heavy atom. The molecule has 0 aromatic heterocycles. The molecule has 6 nitrogen and oxygen atoms in total. The summed E-state index contributed by atoms with van der Waals surface area (Å²) in [5, 5.41) is 0.690. The van der Waals surface area contributed by atoms with Gasteiger partial charge in [-0.25, -0.2) is 23.2 Å². The standard InChI is InChI=1S/C12H16ClN2.ClHO4/c1-14(2)10-9-12(13)15(3)11-7-5-4-6-8-11;2-1(3,4)5/h4-10H,1-3H3;(H,2,3,4,5)/q+1;/p-1. The molecule has 0 aliphatic rings. The van der Waals surface area contributed by atoms with Crippen molar-refractivity contribution in [3.8, 4) is 0 Å². The van der Waals surface area contributed by atoms with E-state index in [9.17, 15) is 0 Å². The Bertz CT molecular complexity index is 448. The summed E-state index contributed by atoms with van der Waals surface area (Å²) in [6.07, 6.45) is 3.79. The first kappa shape index (κ1) is 18.9. The Hall–Kier alpha value is -1.15. The average molecular weight is 323 g/mol. The van der Waals surface area contributed by atoms with Crippen molar-refractivity contribution in [2.75, 3.05) is 26.0 Å². The third kappa shape index (κ3) is 10.7. The van der Waals surface area contributed by atoms with E-state index in [-0.39, 0.29) is 0 Å². The van der Waals surface area contributed by atoms with Gasteiger partial charge in [0.2, 0.25) is 0 Å². The maximum atomic E-state index is 8.49. The monoisotopic (exact) mass is 322 g/mol. The van der Waals surface area contributed by atoms with E-state index >= 15 is 0 Å². The van der Waals surface area contributed by atoms with Crippen molar-refractivity contribution in [2.45, 2.75) is 0 Å². The first-order valence-corrected chi connectivity index (χ1v) is 7.00. The molecule has 0 unspecified atom stereocenters. The first-order valence-electron chi connectivity index (χ1n) is 5.39. The van der Waals surface area contributed by atoms with E-state index in [0.29, 0.717) is 5.16 Å². The van der Waals surface area contributed by atoms with Crippen LogP contribution >= 0.6 is 11.6 Å². The third-order valence-corrected chi connectivity index (χ3v) is 2.35. The highest BCUT2D eigenvalue weighted by Crippen LogP contribution is 2.18. The van der Waals surface area contributed by atoms with Crippen molar-refractivity contribution in [2.24, 2.45) is 0 Å². The van der Waals surface area contributed by atoms with Crippen LogP contribution in [0.25, 0.3) is 0 Å². The van der Waals surface area contributed by atoms with Crippen LogP contribution in [0.2, 0.25) is 0 Å². The summed E-state index contributed by atoms with van der Waals surface area (Å²) in [5.74, 6) is 0. The number of halogens is 2. The molecule has 0 saturated heterocycles. The Balaban J connectivity index is 0.000000621. The molecule has 0 radical (unpaired) electrons. The van der Waals surface area contributed by atoms with Gasteiger partial charge in [0.1, 0.15) is 19.3 Å². The largest absolute Gasteiger partial charge is 0.335 e. The van der Waals surface area contributed by atoms with E-state index in [2.05, 4.69) is 0 Å². The zero-order valence-corrected chi connectivity index (χ0v) is 12.8. The van der Waals surface area contributed by atoms with Crippen molar-refractivity contribution < 1.29 is 33.5 Å². The fraction of sp³-hybridized carbons (Fsp3) is 0.250. The van der Waals surface area contributed by atoms with Crippen molar-refractivity contribution in [3.63, 3.8) is 0 Å². The summed E-state index contributed by atoms with van der Waals surface area (Å²) in [6, 6.07) is 10.0. The summed E-state index contributed by atoms with van der Waals surface area (Å²) in [7, 11) is 0.921. The molecule has 0 heterocycles. The quantitative estimate of drug-likeness (QED) is 0.357. The van der Waals surface area contributed by atoms with Gasteiger partial charge in [0.25, 0.3) is 0 Å². The van der Waals surface area contributed by atoms with Gasteiger partial charge in [-0.1, -0.05) is 29.8 Å². The molecule has 112 valence electrons. The van der Waals surface area contributed by atoms with Crippen LogP contribution < -0.4 is 23.5 Å². The SMILES string of the molecule is CN(/C(Cl)=C/C=[N+](C)C)c1ccccc1.[O-][Cl+3]([O-])([O-])[O-]. The number of hydrogen-bond acceptors (Lipinski definition) is 5. The van der Waals surface area contributed by atoms with E-state index in [0.717, 1.165) is 5.69 Å². The van der Waals surface area contributed by atoms with Crippen LogP contribution in [0.4, 0.5) is 5.69 Å². The molecule has 1 aromatic carbocycles. The van der Waals surface area contributed by atoms with Crippen LogP contribution in [0.3, 0.4) is 0 Å². The molecule has 1 aromatic rings. The highest BCUT2D eigenvalue weighted by atomic mass is 35.7. The molecule has 0 aliphatic heterocycles. The highest BCUT2D eigenvalue weighted by Gasteiger charge is 2.02. The Kier molecular flexibility index (Phi) is 8.40. The van der Waals surface area contributed by atoms with Crippen LogP contribution in [0, 0.1) is 10.2 Å². The zero-order valence-electron chi connectivity index (χ0n) is 11.3. The highest BCUT2D eigenvalue weighted by molar-refractivity contribution is 6.32. The maximum Gasteiger partial charge on any atom is 0.165 e. The molecule has 0 bridgehead atoms. The van der Waals surface area contributed by atoms with Crippen molar-refractivity contribution >= 4 is 23.5 Å². The Morgan fingerprint density at radius 1 is 1.15 bits per heavy atom. The number of benzene rings is 1. The predicted molar refractivity (Wildman–Crippen MR) is 67.0 cm³/mol. The lowest BCUT2D eigenvalue weighted by Crippen LogP contribution is -2.68. The Morgan fingerprint density at radius 2 is 1.60 bits per heavy atom. The number of allylic oxidation sites excluding steroid dienone is 1. The smallest absolute Gasteiger partial charge is 0.165 e. The topological polar surface area (TPSA) is 98.5 Å². The van der Waals surface area contributed by atoms with Gasteiger partial charge in [0.15, 0.2) is 6.21 Å². The van der Waals surface area contributed by atoms with Crippen molar-refractivity contribution in [3.05, 3.63) is 41.6 Å². The van der Waals surface area contributed by atoms with E-state index in [1.807, 2.05) is 73.2 Å². The van der Waals surface area contributed by atoms with Crippen LogP contribution in [0.1, 0.15) is 0 Å². The first-order chi connectivity index (χ1) is 9.11. The van der Waals surface area contributed by atoms with Gasteiger partial charge in [0.05, 0.1) is 0 Å². The normalized spacial score (nSPS) is 11.3. The average Bonchev–Trinajstić information content (AvgIpc) is 2.34. The molecule has 8 heteroatoms. The lowest BCUT2D eigenvalue weighted by molar-refractivity contribution is -2.00. The number of hydrogen-bond donors (Lipinski definition) is 0. The van der Waals surface area contributed by atoms with E-state index in [4.69, 9.17) is 30.2 Å². The number of anilines is 1. The molecule has 0 aliphatic carbocycles. The second-order valence-electron chi connectivity index (χ2n) is 3.87. The summed E-state index contributed by atoms with van der Waals surface area (Å²) in [4.78, 5) is 1.93. The molecule has 20 heavy (non-hydrogen) atoms. The van der Waals surface area contributed by atoms with Crippen LogP contribution in [0.5, 0.6) is 0 Å². The van der Waals surface area contributed by atoms with Gasteiger partial charge in [-0.05, 0) is 12.1 Å². The van der Waals surface area contributed by atoms with E-state index in [1.54, 1.807) is 0 Å². The summed E-state index contributed by atoms with van der Waals surface area (Å²) >= 11 is 6.14. The van der Waals surface area contributed by atoms with Crippen LogP contribution in [-0.4, -0.2) is 31.9 Å². The Labute approximate surface area is 125 Å². The van der Waals surface area contributed by atoms with Gasteiger partial charge in [0, 0.05) is 18.8 Å². The molecule has 1 rings (SSSR count). The third-order valence-electron chi connectivity index (χ3n) is 1.97. The number of rotatable bonds is 3. The summed E-state index contributed by atoms with van der Waals surface area (Å²) < 4.78 is 35.9. The molecule has 0 saturated carbocycles. The lowest BCUT2D eigenvalue weighted by atomic mass is 10.3. The van der Waals surface area contributed by atoms with Gasteiger partial charge >= 0.3 is 0 Å². The van der Waals surface area contributed by atoms with E-state index < -0.39 is 10.2 Å². The van der Waals surface area contributed by atoms with Crippen LogP contribution in [-0.2, 0) is 0 Å². The molecule has 0 amide bonds. The second-order valence-corrected chi connectivity index (χ2v) is 5.02. The molecular formula is C12H16Cl2N2O4. The minimum absolute atomic E-state index is 0.690. The molecular weight excluding hydrogens is 307 g/mol. The fourth-order valence-corrected chi connectivity index (χ4v) is 1.25. The van der Waals surface area contributed by atoms with Gasteiger partial charge in [-0.3, -0.25) is 0 Å². The van der Waals surface area contributed by atoms with E-state index in [1.165, 1.54) is 0 Å². The van der Waals surface area contributed by atoms with Crippen molar-refractivity contribution in [1.29, 1.82) is 0 Å².